The molecule has 2 unspecified atom stereocenters. The lowest BCUT2D eigenvalue weighted by atomic mass is 9.93. The number of methoxy groups -OCH3 is 1. The summed E-state index contributed by atoms with van der Waals surface area (Å²) in [4.78, 5) is 12.4. The van der Waals surface area contributed by atoms with Crippen molar-refractivity contribution in [2.45, 2.75) is 52.7 Å². The van der Waals surface area contributed by atoms with Crippen LogP contribution in [0.4, 0.5) is 11.4 Å². The Morgan fingerprint density at radius 2 is 1.24 bits per heavy atom. The van der Waals surface area contributed by atoms with Crippen molar-refractivity contribution in [3.8, 4) is 11.5 Å². The van der Waals surface area contributed by atoms with E-state index in [0.717, 1.165) is 49.7 Å². The van der Waals surface area contributed by atoms with Crippen LogP contribution in [0.3, 0.4) is 0 Å². The molecule has 1 heterocycles. The van der Waals surface area contributed by atoms with Gasteiger partial charge in [-0.15, -0.1) is 0 Å². The minimum absolute atomic E-state index is 0.0109. The number of ether oxygens (including phenoxy) is 2. The first-order chi connectivity index (χ1) is 20.2. The van der Waals surface area contributed by atoms with Gasteiger partial charge in [0.1, 0.15) is 23.4 Å². The number of rotatable bonds is 13. The number of anilines is 2. The molecule has 0 bridgehead atoms. The van der Waals surface area contributed by atoms with E-state index in [0.29, 0.717) is 11.5 Å². The van der Waals surface area contributed by atoms with Crippen LogP contribution in [0.25, 0.3) is 0 Å². The lowest BCUT2D eigenvalue weighted by molar-refractivity contribution is 0.0898. The van der Waals surface area contributed by atoms with Crippen LogP contribution < -0.4 is 36.5 Å². The van der Waals surface area contributed by atoms with Gasteiger partial charge in [-0.3, -0.25) is 22.2 Å². The monoisotopic (exact) mass is 573 g/mol. The molecule has 42 heavy (non-hydrogen) atoms. The first kappa shape index (κ1) is 31.2. The molecule has 3 aromatic rings. The topological polar surface area (TPSA) is 119 Å². The van der Waals surface area contributed by atoms with E-state index < -0.39 is 5.97 Å². The lowest BCUT2D eigenvalue weighted by Crippen LogP contribution is -2.62. The van der Waals surface area contributed by atoms with E-state index >= 15 is 0 Å². The summed E-state index contributed by atoms with van der Waals surface area (Å²) in [5, 5.41) is 0. The third-order valence-electron chi connectivity index (χ3n) is 7.90. The van der Waals surface area contributed by atoms with E-state index in [1.165, 1.54) is 16.9 Å². The van der Waals surface area contributed by atoms with Crippen molar-refractivity contribution < 1.29 is 9.47 Å². The van der Waals surface area contributed by atoms with E-state index in [9.17, 15) is 0 Å². The molecule has 226 valence electrons. The highest BCUT2D eigenvalue weighted by Gasteiger charge is 2.38. The zero-order valence-electron chi connectivity index (χ0n) is 25.9. The highest BCUT2D eigenvalue weighted by Crippen LogP contribution is 2.44. The van der Waals surface area contributed by atoms with E-state index in [4.69, 9.17) is 31.7 Å². The van der Waals surface area contributed by atoms with Crippen molar-refractivity contribution in [3.05, 3.63) is 83.4 Å². The number of aliphatic imine (C=N–C) groups is 1. The molecule has 0 radical (unpaired) electrons. The van der Waals surface area contributed by atoms with Crippen LogP contribution in [0.5, 0.6) is 11.5 Å². The Kier molecular flexibility index (Phi) is 9.98. The second kappa shape index (κ2) is 13.5. The summed E-state index contributed by atoms with van der Waals surface area (Å²) in [6.07, 6.45) is 0. The predicted octanol–water partition coefficient (Wildman–Crippen LogP) is 4.82. The summed E-state index contributed by atoms with van der Waals surface area (Å²) >= 11 is 0. The third-order valence-corrected chi connectivity index (χ3v) is 7.90. The van der Waals surface area contributed by atoms with Gasteiger partial charge in [0.25, 0.3) is 5.97 Å². The molecule has 6 N–H and O–H groups in total. The molecular weight excluding hydrogens is 526 g/mol. The van der Waals surface area contributed by atoms with Gasteiger partial charge < -0.3 is 24.2 Å². The minimum atomic E-state index is -1.82. The number of hydrogen-bond acceptors (Lipinski definition) is 9. The van der Waals surface area contributed by atoms with Crippen LogP contribution in [-0.2, 0) is 0 Å². The SMILES string of the molecule is CCN(CC)c1ccc(C2N=C(c3cc(OC)cc(OC(N)(N)N)c3)N(CC)C2c2ccc(N(CC)CC)cc2)cc1. The molecule has 2 atom stereocenters. The fraction of sp³-hybridized carbons (Fsp3) is 0.424. The molecule has 0 aromatic heterocycles. The van der Waals surface area contributed by atoms with Crippen LogP contribution in [0.2, 0.25) is 0 Å². The van der Waals surface area contributed by atoms with Gasteiger partial charge in [-0.25, -0.2) is 0 Å². The second-order valence-electron chi connectivity index (χ2n) is 10.5. The summed E-state index contributed by atoms with van der Waals surface area (Å²) in [6.45, 7) is 15.5. The average Bonchev–Trinajstić information content (AvgIpc) is 3.38. The quantitative estimate of drug-likeness (QED) is 0.249. The van der Waals surface area contributed by atoms with Gasteiger partial charge in [0.05, 0.1) is 13.2 Å². The van der Waals surface area contributed by atoms with Gasteiger partial charge in [-0.05, 0) is 82.1 Å². The summed E-state index contributed by atoms with van der Waals surface area (Å²) in [5.41, 5.74) is 22.9. The molecule has 9 nitrogen and oxygen atoms in total. The fourth-order valence-corrected chi connectivity index (χ4v) is 5.81. The Hall–Kier alpha value is -3.79. The lowest BCUT2D eigenvalue weighted by Gasteiger charge is -2.31. The molecule has 0 amide bonds. The molecule has 1 aliphatic heterocycles. The van der Waals surface area contributed by atoms with E-state index in [-0.39, 0.29) is 12.1 Å². The molecule has 0 saturated heterocycles. The molecule has 0 spiro atoms. The highest BCUT2D eigenvalue weighted by atomic mass is 16.5. The maximum Gasteiger partial charge on any atom is 0.271 e. The van der Waals surface area contributed by atoms with Crippen LogP contribution in [0.15, 0.2) is 71.7 Å². The van der Waals surface area contributed by atoms with Crippen LogP contribution in [-0.4, -0.2) is 56.5 Å². The van der Waals surface area contributed by atoms with Gasteiger partial charge in [0.15, 0.2) is 0 Å². The van der Waals surface area contributed by atoms with Gasteiger partial charge >= 0.3 is 0 Å². The van der Waals surface area contributed by atoms with E-state index in [2.05, 4.69) is 97.8 Å². The normalized spacial score (nSPS) is 16.8. The number of nitrogens with two attached hydrogens (primary N) is 3. The molecule has 0 aliphatic carbocycles. The molecular formula is C33H47N7O2. The highest BCUT2D eigenvalue weighted by molar-refractivity contribution is 6.01. The number of hydrogen-bond donors (Lipinski definition) is 3. The summed E-state index contributed by atoms with van der Waals surface area (Å²) in [5.74, 6) is 0.0181. The smallest absolute Gasteiger partial charge is 0.271 e. The zero-order chi connectivity index (χ0) is 30.4. The van der Waals surface area contributed by atoms with Crippen molar-refractivity contribution in [1.29, 1.82) is 0 Å². The minimum Gasteiger partial charge on any atom is -0.497 e. The molecule has 3 aromatic carbocycles. The molecule has 0 fully saturated rings. The number of benzene rings is 3. The number of likely N-dealkylation sites (N-methyl/N-ethyl adjacent to an activating group) is 1. The molecule has 1 aliphatic rings. The predicted molar refractivity (Wildman–Crippen MR) is 173 cm³/mol. The average molecular weight is 574 g/mol. The van der Waals surface area contributed by atoms with Crippen molar-refractivity contribution >= 4 is 17.2 Å². The number of amidine groups is 1. The van der Waals surface area contributed by atoms with Crippen molar-refractivity contribution in [3.63, 3.8) is 0 Å². The first-order valence-electron chi connectivity index (χ1n) is 14.9. The van der Waals surface area contributed by atoms with Crippen LogP contribution in [0, 0.1) is 0 Å². The van der Waals surface area contributed by atoms with Gasteiger partial charge in [-0.2, -0.15) is 0 Å². The van der Waals surface area contributed by atoms with Gasteiger partial charge in [0, 0.05) is 55.7 Å². The number of nitrogens with zero attached hydrogens (tertiary/aromatic N) is 4. The van der Waals surface area contributed by atoms with Gasteiger partial charge in [-0.1, -0.05) is 24.3 Å². The molecule has 9 heteroatoms. The van der Waals surface area contributed by atoms with Gasteiger partial charge in [0.2, 0.25) is 0 Å². The Balaban J connectivity index is 1.82. The molecule has 4 rings (SSSR count). The second-order valence-corrected chi connectivity index (χ2v) is 10.5. The van der Waals surface area contributed by atoms with Crippen LogP contribution >= 0.6 is 0 Å². The Morgan fingerprint density at radius 1 is 0.738 bits per heavy atom. The Morgan fingerprint density at radius 3 is 1.69 bits per heavy atom. The van der Waals surface area contributed by atoms with Crippen molar-refractivity contribution in [2.24, 2.45) is 22.2 Å². The first-order valence-corrected chi connectivity index (χ1v) is 14.9. The summed E-state index contributed by atoms with van der Waals surface area (Å²) < 4.78 is 11.2. The van der Waals surface area contributed by atoms with Crippen molar-refractivity contribution in [1.82, 2.24) is 4.90 Å². The zero-order valence-corrected chi connectivity index (χ0v) is 25.9. The molecule has 0 saturated carbocycles. The summed E-state index contributed by atoms with van der Waals surface area (Å²) in [7, 11) is 1.61. The largest absolute Gasteiger partial charge is 0.497 e. The van der Waals surface area contributed by atoms with E-state index in [1.807, 2.05) is 12.1 Å². The maximum absolute atomic E-state index is 5.76. The standard InChI is InChI=1S/C33H47N7O2/c1-7-38(8-2)26-16-12-23(13-17-26)30-31(24-14-18-27(19-15-24)39(9-3)10-4)40(11-5)32(37-30)25-20-28(41-6)22-29(21-25)42-33(34,35)36/h12-22,30-31H,7-11,34-36H2,1-6H3. The Bertz CT molecular complexity index is 1330. The Labute approximate surface area is 250 Å². The van der Waals surface area contributed by atoms with Crippen LogP contribution in [0.1, 0.15) is 63.4 Å². The van der Waals surface area contributed by atoms with E-state index in [1.54, 1.807) is 13.2 Å². The maximum atomic E-state index is 5.76. The van der Waals surface area contributed by atoms with Crippen molar-refractivity contribution in [2.75, 3.05) is 49.6 Å². The third kappa shape index (κ3) is 6.81. The summed E-state index contributed by atoms with van der Waals surface area (Å²) in [6, 6.07) is 23.1. The fourth-order valence-electron chi connectivity index (χ4n) is 5.81.